The van der Waals surface area contributed by atoms with Crippen LogP contribution >= 0.6 is 11.3 Å². The molecule has 0 spiro atoms. The fourth-order valence-electron chi connectivity index (χ4n) is 1.81. The Labute approximate surface area is 129 Å². The van der Waals surface area contributed by atoms with Crippen molar-refractivity contribution in [3.05, 3.63) is 27.5 Å². The van der Waals surface area contributed by atoms with Crippen molar-refractivity contribution in [2.75, 3.05) is 6.54 Å². The largest absolute Gasteiger partial charge is 0.308 e. The minimum Gasteiger partial charge on any atom is -0.308 e. The van der Waals surface area contributed by atoms with E-state index in [4.69, 9.17) is 0 Å². The summed E-state index contributed by atoms with van der Waals surface area (Å²) in [6, 6.07) is 4.52. The van der Waals surface area contributed by atoms with E-state index in [1.54, 1.807) is 0 Å². The number of thiophene rings is 1. The zero-order valence-corrected chi connectivity index (χ0v) is 15.2. The van der Waals surface area contributed by atoms with Crippen LogP contribution in [0.3, 0.4) is 0 Å². The van der Waals surface area contributed by atoms with Crippen molar-refractivity contribution in [3.63, 3.8) is 0 Å². The molecule has 0 saturated carbocycles. The van der Waals surface area contributed by atoms with Crippen LogP contribution in [-0.4, -0.2) is 12.1 Å². The second-order valence-corrected chi connectivity index (χ2v) is 9.04. The molecule has 1 rings (SSSR count). The minimum atomic E-state index is 0.167. The lowest BCUT2D eigenvalue weighted by molar-refractivity contribution is 0.437. The molecular weight excluding hydrogens is 262 g/mol. The third-order valence-corrected chi connectivity index (χ3v) is 4.72. The van der Waals surface area contributed by atoms with E-state index in [-0.39, 0.29) is 11.0 Å². The summed E-state index contributed by atoms with van der Waals surface area (Å²) in [6.07, 6.45) is 2.36. The average molecular weight is 294 g/mol. The maximum absolute atomic E-state index is 3.60. The first-order chi connectivity index (χ1) is 8.99. The summed E-state index contributed by atoms with van der Waals surface area (Å²) in [6.45, 7) is 19.0. The van der Waals surface area contributed by atoms with Gasteiger partial charge in [0, 0.05) is 21.8 Å². The Morgan fingerprint density at radius 1 is 1.15 bits per heavy atom. The molecule has 0 aliphatic rings. The fraction of sp³-hybridized carbons (Fsp3) is 0.667. The number of nitrogens with one attached hydrogen (secondary N) is 1. The van der Waals surface area contributed by atoms with E-state index in [1.165, 1.54) is 15.3 Å². The molecule has 0 aromatic carbocycles. The van der Waals surface area contributed by atoms with Crippen molar-refractivity contribution < 1.29 is 0 Å². The van der Waals surface area contributed by atoms with Gasteiger partial charge in [-0.05, 0) is 50.3 Å². The van der Waals surface area contributed by atoms with Crippen LogP contribution in [0.15, 0.2) is 17.7 Å². The van der Waals surface area contributed by atoms with E-state index in [0.29, 0.717) is 5.92 Å². The van der Waals surface area contributed by atoms with Crippen LogP contribution in [0.4, 0.5) is 0 Å². The van der Waals surface area contributed by atoms with Crippen LogP contribution in [0.25, 0.3) is 6.08 Å². The van der Waals surface area contributed by atoms with Gasteiger partial charge in [-0.2, -0.15) is 0 Å². The predicted octanol–water partition coefficient (Wildman–Crippen LogP) is 5.47. The second kappa shape index (κ2) is 6.44. The third kappa shape index (κ3) is 5.80. The van der Waals surface area contributed by atoms with Gasteiger partial charge in [-0.1, -0.05) is 40.2 Å². The highest BCUT2D eigenvalue weighted by Crippen LogP contribution is 2.31. The zero-order valence-electron chi connectivity index (χ0n) is 14.4. The Morgan fingerprint density at radius 2 is 1.75 bits per heavy atom. The molecule has 0 amide bonds. The van der Waals surface area contributed by atoms with Gasteiger partial charge in [0.15, 0.2) is 0 Å². The smallest absolute Gasteiger partial charge is 0.0273 e. The summed E-state index contributed by atoms with van der Waals surface area (Å²) < 4.78 is 0. The van der Waals surface area contributed by atoms with Crippen molar-refractivity contribution >= 4 is 17.4 Å². The molecule has 0 radical (unpaired) electrons. The molecule has 114 valence electrons. The molecule has 0 aliphatic carbocycles. The summed E-state index contributed by atoms with van der Waals surface area (Å²) in [4.78, 5) is 2.82. The number of hydrogen-bond donors (Lipinski definition) is 1. The van der Waals surface area contributed by atoms with Crippen molar-refractivity contribution in [3.8, 4) is 0 Å². The van der Waals surface area contributed by atoms with Crippen molar-refractivity contribution in [1.82, 2.24) is 5.32 Å². The van der Waals surface area contributed by atoms with Crippen molar-refractivity contribution in [2.45, 2.75) is 66.3 Å². The molecule has 0 saturated heterocycles. The second-order valence-electron chi connectivity index (χ2n) is 7.93. The van der Waals surface area contributed by atoms with Gasteiger partial charge in [0.05, 0.1) is 0 Å². The lowest BCUT2D eigenvalue weighted by atomic mass is 9.95. The summed E-state index contributed by atoms with van der Waals surface area (Å²) >= 11 is 1.91. The van der Waals surface area contributed by atoms with Crippen molar-refractivity contribution in [1.29, 1.82) is 0 Å². The minimum absolute atomic E-state index is 0.167. The van der Waals surface area contributed by atoms with E-state index in [0.717, 1.165) is 6.54 Å². The summed E-state index contributed by atoms with van der Waals surface area (Å²) in [5.41, 5.74) is 1.89. The van der Waals surface area contributed by atoms with Gasteiger partial charge < -0.3 is 5.32 Å². The van der Waals surface area contributed by atoms with Crippen LogP contribution in [0, 0.1) is 5.92 Å². The summed E-state index contributed by atoms with van der Waals surface area (Å²) in [7, 11) is 0. The molecule has 0 bridgehead atoms. The Kier molecular flexibility index (Phi) is 5.62. The van der Waals surface area contributed by atoms with Crippen LogP contribution in [0.5, 0.6) is 0 Å². The Morgan fingerprint density at radius 3 is 2.15 bits per heavy atom. The fourth-order valence-corrected chi connectivity index (χ4v) is 2.85. The molecule has 0 fully saturated rings. The molecule has 2 heteroatoms. The molecule has 1 N–H and O–H groups in total. The molecule has 1 aromatic rings. The van der Waals surface area contributed by atoms with E-state index in [2.05, 4.69) is 78.9 Å². The van der Waals surface area contributed by atoms with E-state index in [9.17, 15) is 0 Å². The monoisotopic (exact) mass is 293 g/mol. The molecule has 20 heavy (non-hydrogen) atoms. The van der Waals surface area contributed by atoms with Crippen LogP contribution in [-0.2, 0) is 5.41 Å². The molecular formula is C18H31NS. The topological polar surface area (TPSA) is 12.0 Å². The van der Waals surface area contributed by atoms with Crippen LogP contribution < -0.4 is 5.32 Å². The van der Waals surface area contributed by atoms with Crippen LogP contribution in [0.2, 0.25) is 0 Å². The first-order valence-corrected chi connectivity index (χ1v) is 8.36. The molecule has 0 aliphatic heterocycles. The standard InChI is InChI=1S/C18H31NS/c1-13(2)14(12-19-18(6,7)8)11-15-9-10-16(20-15)17(3,4)5/h9-11,13,19H,12H2,1-8H3/b14-11+. The SMILES string of the molecule is CC(C)/C(=C/c1ccc(C(C)(C)C)s1)CNC(C)(C)C. The van der Waals surface area contributed by atoms with Gasteiger partial charge in [-0.25, -0.2) is 0 Å². The molecule has 1 aromatic heterocycles. The molecule has 0 unspecified atom stereocenters. The Bertz CT molecular complexity index is 452. The summed E-state index contributed by atoms with van der Waals surface area (Å²) in [5.74, 6) is 0.574. The Hall–Kier alpha value is -0.600. The van der Waals surface area contributed by atoms with E-state index < -0.39 is 0 Å². The molecule has 1 nitrogen and oxygen atoms in total. The van der Waals surface area contributed by atoms with Gasteiger partial charge in [0.25, 0.3) is 0 Å². The first kappa shape index (κ1) is 17.5. The van der Waals surface area contributed by atoms with Gasteiger partial charge in [-0.15, -0.1) is 11.3 Å². The van der Waals surface area contributed by atoms with Crippen LogP contribution in [0.1, 0.15) is 65.1 Å². The van der Waals surface area contributed by atoms with Gasteiger partial charge >= 0.3 is 0 Å². The predicted molar refractivity (Wildman–Crippen MR) is 93.6 cm³/mol. The average Bonchev–Trinajstić information content (AvgIpc) is 2.70. The number of rotatable bonds is 4. The van der Waals surface area contributed by atoms with Crippen molar-refractivity contribution in [2.24, 2.45) is 5.92 Å². The highest BCUT2D eigenvalue weighted by Gasteiger charge is 2.16. The third-order valence-electron chi connectivity index (χ3n) is 3.26. The first-order valence-electron chi connectivity index (χ1n) is 7.55. The maximum Gasteiger partial charge on any atom is 0.0273 e. The lowest BCUT2D eigenvalue weighted by Gasteiger charge is -2.23. The lowest BCUT2D eigenvalue weighted by Crippen LogP contribution is -2.37. The zero-order chi connectivity index (χ0) is 15.6. The van der Waals surface area contributed by atoms with E-state index in [1.807, 2.05) is 11.3 Å². The molecule has 1 heterocycles. The van der Waals surface area contributed by atoms with Gasteiger partial charge in [0.2, 0.25) is 0 Å². The quantitative estimate of drug-likeness (QED) is 0.776. The Balaban J connectivity index is 2.89. The van der Waals surface area contributed by atoms with Gasteiger partial charge in [0.1, 0.15) is 0 Å². The number of hydrogen-bond acceptors (Lipinski definition) is 2. The normalized spacial score (nSPS) is 14.2. The molecule has 0 atom stereocenters. The highest BCUT2D eigenvalue weighted by atomic mass is 32.1. The summed E-state index contributed by atoms with van der Waals surface area (Å²) in [5, 5.41) is 3.60. The van der Waals surface area contributed by atoms with E-state index >= 15 is 0 Å². The van der Waals surface area contributed by atoms with Gasteiger partial charge in [-0.3, -0.25) is 0 Å². The maximum atomic E-state index is 3.60. The highest BCUT2D eigenvalue weighted by molar-refractivity contribution is 7.13.